The van der Waals surface area contributed by atoms with E-state index in [1.54, 1.807) is 0 Å². The average Bonchev–Trinajstić information content (AvgIpc) is 2.76. The molecule has 0 aromatic heterocycles. The van der Waals surface area contributed by atoms with Crippen molar-refractivity contribution < 1.29 is 0 Å². The third-order valence-corrected chi connectivity index (χ3v) is 5.61. The molecule has 2 N–H and O–H groups in total. The number of hydrogen-bond donors (Lipinski definition) is 2. The molecule has 0 bridgehead atoms. The Morgan fingerprint density at radius 1 is 0.741 bits per heavy atom. The Balaban J connectivity index is 1.41. The lowest BCUT2D eigenvalue weighted by Crippen LogP contribution is -2.49. The van der Waals surface area contributed by atoms with Gasteiger partial charge in [-0.25, -0.2) is 0 Å². The molecule has 0 radical (unpaired) electrons. The van der Waals surface area contributed by atoms with E-state index in [0.717, 1.165) is 13.1 Å². The lowest BCUT2D eigenvalue weighted by Gasteiger charge is -2.36. The first kappa shape index (κ1) is 18.0. The molecule has 0 aliphatic carbocycles. The fourth-order valence-electron chi connectivity index (χ4n) is 4.17. The van der Waals surface area contributed by atoms with Crippen LogP contribution in [-0.4, -0.2) is 18.6 Å². The Morgan fingerprint density at radius 3 is 1.81 bits per heavy atom. The summed E-state index contributed by atoms with van der Waals surface area (Å²) in [5, 5.41) is 7.55. The minimum absolute atomic E-state index is 0.405. The van der Waals surface area contributed by atoms with Crippen LogP contribution in [-0.2, 0) is 6.54 Å². The van der Waals surface area contributed by atoms with E-state index in [4.69, 9.17) is 0 Å². The molecule has 1 aliphatic rings. The molecule has 0 spiro atoms. The second-order valence-corrected chi connectivity index (χ2v) is 7.45. The standard InChI is InChI=1S/C25H28N2/c1-4-10-20(11-5-1)18-26-23-16-17-24(27-19-23)25(21-12-6-2-7-13-21)22-14-8-3-9-15-22/h1-15,23-27H,16-19H2/t23-,24-/m0/s1. The SMILES string of the molecule is c1ccc(CN[C@H]2CC[C@@H](C(c3ccccc3)c3ccccc3)NC2)cc1. The average molecular weight is 357 g/mol. The van der Waals surface area contributed by atoms with Crippen molar-refractivity contribution in [2.45, 2.75) is 37.4 Å². The zero-order valence-electron chi connectivity index (χ0n) is 15.7. The van der Waals surface area contributed by atoms with E-state index in [0.29, 0.717) is 18.0 Å². The predicted octanol–water partition coefficient (Wildman–Crippen LogP) is 4.73. The van der Waals surface area contributed by atoms with Gasteiger partial charge in [-0.1, -0.05) is 91.0 Å². The third kappa shape index (κ3) is 4.65. The minimum atomic E-state index is 0.405. The summed E-state index contributed by atoms with van der Waals surface area (Å²) in [5.41, 5.74) is 4.15. The summed E-state index contributed by atoms with van der Waals surface area (Å²) in [4.78, 5) is 0. The van der Waals surface area contributed by atoms with Crippen molar-refractivity contribution in [2.24, 2.45) is 0 Å². The van der Waals surface area contributed by atoms with Crippen molar-refractivity contribution in [1.82, 2.24) is 10.6 Å². The summed E-state index contributed by atoms with van der Waals surface area (Å²) in [6.45, 7) is 1.96. The van der Waals surface area contributed by atoms with Crippen LogP contribution in [0.2, 0.25) is 0 Å². The van der Waals surface area contributed by atoms with E-state index in [2.05, 4.69) is 102 Å². The van der Waals surface area contributed by atoms with Crippen molar-refractivity contribution in [3.63, 3.8) is 0 Å². The Morgan fingerprint density at radius 2 is 1.30 bits per heavy atom. The normalized spacial score (nSPS) is 19.9. The Kier molecular flexibility index (Phi) is 5.98. The van der Waals surface area contributed by atoms with Crippen LogP contribution in [0.3, 0.4) is 0 Å². The van der Waals surface area contributed by atoms with Crippen LogP contribution in [0.1, 0.15) is 35.4 Å². The second kappa shape index (κ2) is 8.98. The van der Waals surface area contributed by atoms with Gasteiger partial charge in [0.15, 0.2) is 0 Å². The summed E-state index contributed by atoms with van der Waals surface area (Å²) < 4.78 is 0. The van der Waals surface area contributed by atoms with Crippen LogP contribution in [0.5, 0.6) is 0 Å². The Hall–Kier alpha value is -2.42. The zero-order chi connectivity index (χ0) is 18.3. The molecule has 3 aromatic rings. The summed E-state index contributed by atoms with van der Waals surface area (Å²) >= 11 is 0. The van der Waals surface area contributed by atoms with Gasteiger partial charge >= 0.3 is 0 Å². The molecule has 27 heavy (non-hydrogen) atoms. The molecule has 1 aliphatic heterocycles. The van der Waals surface area contributed by atoms with Crippen molar-refractivity contribution >= 4 is 0 Å². The Labute approximate surface area is 162 Å². The van der Waals surface area contributed by atoms with Crippen LogP contribution < -0.4 is 10.6 Å². The molecule has 0 amide bonds. The monoisotopic (exact) mass is 356 g/mol. The first-order valence-corrected chi connectivity index (χ1v) is 10.0. The van der Waals surface area contributed by atoms with Crippen molar-refractivity contribution in [2.75, 3.05) is 6.54 Å². The minimum Gasteiger partial charge on any atom is -0.311 e. The highest BCUT2D eigenvalue weighted by atomic mass is 15.0. The van der Waals surface area contributed by atoms with E-state index in [9.17, 15) is 0 Å². The number of hydrogen-bond acceptors (Lipinski definition) is 2. The van der Waals surface area contributed by atoms with Gasteiger partial charge in [0.05, 0.1) is 0 Å². The van der Waals surface area contributed by atoms with E-state index >= 15 is 0 Å². The zero-order valence-corrected chi connectivity index (χ0v) is 15.7. The molecular formula is C25H28N2. The van der Waals surface area contributed by atoms with Crippen LogP contribution in [0, 0.1) is 0 Å². The summed E-state index contributed by atoms with van der Waals surface area (Å²) in [6, 6.07) is 33.5. The fraction of sp³-hybridized carbons (Fsp3) is 0.280. The van der Waals surface area contributed by atoms with E-state index in [1.807, 2.05) is 0 Å². The number of nitrogens with one attached hydrogen (secondary N) is 2. The topological polar surface area (TPSA) is 24.1 Å². The van der Waals surface area contributed by atoms with Gasteiger partial charge in [0.2, 0.25) is 0 Å². The van der Waals surface area contributed by atoms with Gasteiger partial charge < -0.3 is 10.6 Å². The highest BCUT2D eigenvalue weighted by molar-refractivity contribution is 5.34. The van der Waals surface area contributed by atoms with Gasteiger partial charge in [-0.3, -0.25) is 0 Å². The quantitative estimate of drug-likeness (QED) is 0.667. The van der Waals surface area contributed by atoms with Crippen LogP contribution >= 0.6 is 0 Å². The van der Waals surface area contributed by atoms with Crippen molar-refractivity contribution in [3.05, 3.63) is 108 Å². The summed E-state index contributed by atoms with van der Waals surface area (Å²) in [7, 11) is 0. The van der Waals surface area contributed by atoms with Gasteiger partial charge in [0.25, 0.3) is 0 Å². The van der Waals surface area contributed by atoms with Crippen LogP contribution in [0.25, 0.3) is 0 Å². The molecule has 2 nitrogen and oxygen atoms in total. The third-order valence-electron chi connectivity index (χ3n) is 5.61. The van der Waals surface area contributed by atoms with Gasteiger partial charge in [-0.2, -0.15) is 0 Å². The van der Waals surface area contributed by atoms with Gasteiger partial charge in [0, 0.05) is 31.1 Å². The smallest absolute Gasteiger partial charge is 0.0243 e. The fourth-order valence-corrected chi connectivity index (χ4v) is 4.17. The number of piperidine rings is 1. The van der Waals surface area contributed by atoms with E-state index < -0.39 is 0 Å². The predicted molar refractivity (Wildman–Crippen MR) is 113 cm³/mol. The molecule has 2 heteroatoms. The van der Waals surface area contributed by atoms with E-state index in [-0.39, 0.29) is 0 Å². The second-order valence-electron chi connectivity index (χ2n) is 7.45. The lowest BCUT2D eigenvalue weighted by atomic mass is 9.81. The first-order valence-electron chi connectivity index (χ1n) is 10.0. The molecule has 1 saturated heterocycles. The number of benzene rings is 3. The highest BCUT2D eigenvalue weighted by Crippen LogP contribution is 2.31. The van der Waals surface area contributed by atoms with Gasteiger partial charge in [-0.05, 0) is 29.5 Å². The molecule has 4 rings (SSSR count). The van der Waals surface area contributed by atoms with Crippen LogP contribution in [0.15, 0.2) is 91.0 Å². The molecule has 3 aromatic carbocycles. The van der Waals surface area contributed by atoms with Gasteiger partial charge in [0.1, 0.15) is 0 Å². The highest BCUT2D eigenvalue weighted by Gasteiger charge is 2.29. The van der Waals surface area contributed by atoms with E-state index in [1.165, 1.54) is 29.5 Å². The largest absolute Gasteiger partial charge is 0.311 e. The maximum absolute atomic E-state index is 3.84. The molecular weight excluding hydrogens is 328 g/mol. The molecule has 2 atom stereocenters. The lowest BCUT2D eigenvalue weighted by molar-refractivity contribution is 0.307. The molecule has 138 valence electrons. The maximum Gasteiger partial charge on any atom is 0.0243 e. The molecule has 1 heterocycles. The maximum atomic E-state index is 3.84. The van der Waals surface area contributed by atoms with Gasteiger partial charge in [-0.15, -0.1) is 0 Å². The molecule has 0 saturated carbocycles. The number of rotatable bonds is 6. The van der Waals surface area contributed by atoms with Crippen molar-refractivity contribution in [1.29, 1.82) is 0 Å². The Bertz CT molecular complexity index is 754. The summed E-state index contributed by atoms with van der Waals surface area (Å²) in [5.74, 6) is 0.405. The van der Waals surface area contributed by atoms with Crippen molar-refractivity contribution in [3.8, 4) is 0 Å². The summed E-state index contributed by atoms with van der Waals surface area (Å²) in [6.07, 6.45) is 2.39. The van der Waals surface area contributed by atoms with Crippen LogP contribution in [0.4, 0.5) is 0 Å². The first-order chi connectivity index (χ1) is 13.4. The molecule has 0 unspecified atom stereocenters. The molecule has 1 fully saturated rings.